The number of carboxylic acid groups (broad SMARTS) is 1. The second-order valence-electron chi connectivity index (χ2n) is 5.81. The molecule has 0 unspecified atom stereocenters. The molecule has 5 nitrogen and oxygen atoms in total. The molecule has 0 aliphatic rings. The van der Waals surface area contributed by atoms with Gasteiger partial charge in [0.1, 0.15) is 5.75 Å². The van der Waals surface area contributed by atoms with Crippen molar-refractivity contribution in [3.05, 3.63) is 64.7 Å². The van der Waals surface area contributed by atoms with E-state index in [2.05, 4.69) is 0 Å². The van der Waals surface area contributed by atoms with Crippen molar-refractivity contribution in [3.63, 3.8) is 0 Å². The molecule has 1 amide bonds. The van der Waals surface area contributed by atoms with Gasteiger partial charge in [0.05, 0.1) is 11.4 Å². The van der Waals surface area contributed by atoms with Gasteiger partial charge >= 0.3 is 5.97 Å². The smallest absolute Gasteiger partial charge is 0.305 e. The predicted octanol–water partition coefficient (Wildman–Crippen LogP) is 3.89. The summed E-state index contributed by atoms with van der Waals surface area (Å²) >= 11 is 6.00. The molecule has 0 radical (unpaired) electrons. The summed E-state index contributed by atoms with van der Waals surface area (Å²) in [5, 5.41) is 9.21. The van der Waals surface area contributed by atoms with Crippen LogP contribution in [0.3, 0.4) is 0 Å². The quantitative estimate of drug-likeness (QED) is 0.733. The van der Waals surface area contributed by atoms with Gasteiger partial charge in [-0.25, -0.2) is 8.78 Å². The van der Waals surface area contributed by atoms with E-state index < -0.39 is 29.6 Å². The second-order valence-corrected chi connectivity index (χ2v) is 6.21. The van der Waals surface area contributed by atoms with Gasteiger partial charge in [0.15, 0.2) is 17.7 Å². The monoisotopic (exact) mass is 397 g/mol. The van der Waals surface area contributed by atoms with E-state index in [1.807, 2.05) is 0 Å². The van der Waals surface area contributed by atoms with Crippen LogP contribution in [0, 0.1) is 11.6 Å². The van der Waals surface area contributed by atoms with Gasteiger partial charge in [0.25, 0.3) is 5.91 Å². The fourth-order valence-corrected chi connectivity index (χ4v) is 2.59. The predicted molar refractivity (Wildman–Crippen MR) is 95.6 cm³/mol. The molecule has 2 aromatic rings. The summed E-state index contributed by atoms with van der Waals surface area (Å²) in [6.45, 7) is 1.01. The number of carboxylic acids is 1. The van der Waals surface area contributed by atoms with Crippen molar-refractivity contribution in [2.75, 3.05) is 6.54 Å². The molecule has 8 heteroatoms. The van der Waals surface area contributed by atoms with Gasteiger partial charge in [0.2, 0.25) is 0 Å². The molecular weight excluding hydrogens is 380 g/mol. The molecule has 0 heterocycles. The van der Waals surface area contributed by atoms with E-state index in [9.17, 15) is 18.4 Å². The number of carbonyl (C=O) groups excluding carboxylic acids is 1. The summed E-state index contributed by atoms with van der Waals surface area (Å²) in [5.74, 6) is -3.52. The molecule has 0 aliphatic heterocycles. The first kappa shape index (κ1) is 20.6. The number of benzene rings is 2. The van der Waals surface area contributed by atoms with Crippen molar-refractivity contribution in [3.8, 4) is 5.75 Å². The molecule has 0 saturated carbocycles. The summed E-state index contributed by atoms with van der Waals surface area (Å²) < 4.78 is 32.9. The number of halogens is 3. The molecule has 0 aliphatic carbocycles. The van der Waals surface area contributed by atoms with Gasteiger partial charge in [-0.3, -0.25) is 9.59 Å². The Bertz CT molecular complexity index is 831. The molecule has 0 spiro atoms. The number of hydrogen-bond donors (Lipinski definition) is 1. The van der Waals surface area contributed by atoms with E-state index in [1.54, 1.807) is 24.3 Å². The average molecular weight is 398 g/mol. The maximum Gasteiger partial charge on any atom is 0.305 e. The topological polar surface area (TPSA) is 66.8 Å². The van der Waals surface area contributed by atoms with Crippen LogP contribution in [0.1, 0.15) is 18.9 Å². The summed E-state index contributed by atoms with van der Waals surface area (Å²) in [5.41, 5.74) is -0.0568. The summed E-state index contributed by atoms with van der Waals surface area (Å²) in [6, 6.07) is 10.2. The fraction of sp³-hybridized carbons (Fsp3) is 0.263. The average Bonchev–Trinajstić information content (AvgIpc) is 2.63. The maximum absolute atomic E-state index is 13.9. The molecule has 0 aromatic heterocycles. The number of aliphatic carboxylic acids is 1. The first-order valence-corrected chi connectivity index (χ1v) is 8.52. The van der Waals surface area contributed by atoms with Gasteiger partial charge in [-0.15, -0.1) is 0 Å². The zero-order chi connectivity index (χ0) is 20.0. The van der Waals surface area contributed by atoms with E-state index in [0.29, 0.717) is 5.02 Å². The lowest BCUT2D eigenvalue weighted by Gasteiger charge is -2.26. The molecule has 2 rings (SSSR count). The van der Waals surface area contributed by atoms with Crippen LogP contribution in [0.15, 0.2) is 42.5 Å². The van der Waals surface area contributed by atoms with Gasteiger partial charge in [0, 0.05) is 18.7 Å². The highest BCUT2D eigenvalue weighted by Gasteiger charge is 2.25. The van der Waals surface area contributed by atoms with E-state index in [-0.39, 0.29) is 30.8 Å². The molecule has 0 bridgehead atoms. The van der Waals surface area contributed by atoms with Crippen molar-refractivity contribution in [2.45, 2.75) is 26.0 Å². The van der Waals surface area contributed by atoms with Crippen LogP contribution >= 0.6 is 11.6 Å². The van der Waals surface area contributed by atoms with E-state index in [4.69, 9.17) is 21.4 Å². The third kappa shape index (κ3) is 5.65. The highest BCUT2D eigenvalue weighted by Crippen LogP contribution is 2.25. The number of carbonyl (C=O) groups is 2. The first-order valence-electron chi connectivity index (χ1n) is 8.14. The van der Waals surface area contributed by atoms with Gasteiger partial charge < -0.3 is 14.7 Å². The Labute approximate surface area is 160 Å². The van der Waals surface area contributed by atoms with Gasteiger partial charge in [-0.1, -0.05) is 35.9 Å². The number of amides is 1. The minimum Gasteiger partial charge on any atom is -0.481 e. The largest absolute Gasteiger partial charge is 0.481 e. The third-order valence-corrected chi connectivity index (χ3v) is 4.10. The van der Waals surface area contributed by atoms with E-state index >= 15 is 0 Å². The number of nitrogens with zero attached hydrogens (tertiary/aromatic N) is 1. The molecular formula is C19H18ClF2NO4. The Morgan fingerprint density at radius 1 is 1.19 bits per heavy atom. The molecule has 1 N–H and O–H groups in total. The summed E-state index contributed by atoms with van der Waals surface area (Å²) in [6.07, 6.45) is -1.35. The Kier molecular flexibility index (Phi) is 7.12. The van der Waals surface area contributed by atoms with Crippen molar-refractivity contribution in [1.82, 2.24) is 4.90 Å². The van der Waals surface area contributed by atoms with E-state index in [1.165, 1.54) is 19.1 Å². The maximum atomic E-state index is 13.9. The van der Waals surface area contributed by atoms with Crippen LogP contribution in [0.4, 0.5) is 8.78 Å². The standard InChI is InChI=1S/C19H18ClF2NO4/c1-12(27-16-8-3-2-6-14(16)20)19(26)23(10-9-17(24)25)11-13-5-4-7-15(21)18(13)22/h2-8,12H,9-11H2,1H3,(H,24,25)/t12-/m1/s1. The Morgan fingerprint density at radius 2 is 1.89 bits per heavy atom. The van der Waals surface area contributed by atoms with Crippen LogP contribution in [0.5, 0.6) is 5.75 Å². The molecule has 1 atom stereocenters. The normalized spacial score (nSPS) is 11.7. The van der Waals surface area contributed by atoms with Crippen molar-refractivity contribution >= 4 is 23.5 Å². The van der Waals surface area contributed by atoms with Crippen molar-refractivity contribution in [2.24, 2.45) is 0 Å². The molecule has 0 fully saturated rings. The second kappa shape index (κ2) is 9.32. The van der Waals surface area contributed by atoms with E-state index in [0.717, 1.165) is 11.0 Å². The molecule has 2 aromatic carbocycles. The highest BCUT2D eigenvalue weighted by molar-refractivity contribution is 6.32. The lowest BCUT2D eigenvalue weighted by Crippen LogP contribution is -2.41. The van der Waals surface area contributed by atoms with Crippen LogP contribution in [0.25, 0.3) is 0 Å². The Hall–Kier alpha value is -2.67. The zero-order valence-electron chi connectivity index (χ0n) is 14.5. The van der Waals surface area contributed by atoms with Crippen LogP contribution < -0.4 is 4.74 Å². The number of rotatable bonds is 8. The third-order valence-electron chi connectivity index (χ3n) is 3.79. The Morgan fingerprint density at radius 3 is 2.56 bits per heavy atom. The first-order chi connectivity index (χ1) is 12.8. The van der Waals surface area contributed by atoms with Crippen molar-refractivity contribution < 1.29 is 28.2 Å². The minimum atomic E-state index is -1.12. The van der Waals surface area contributed by atoms with Crippen LogP contribution in [-0.4, -0.2) is 34.5 Å². The SMILES string of the molecule is C[C@@H](Oc1ccccc1Cl)C(=O)N(CCC(=O)O)Cc1cccc(F)c1F. The lowest BCUT2D eigenvalue weighted by atomic mass is 10.1. The number of hydrogen-bond acceptors (Lipinski definition) is 3. The summed E-state index contributed by atoms with van der Waals surface area (Å²) in [4.78, 5) is 24.7. The van der Waals surface area contributed by atoms with Crippen LogP contribution in [0.2, 0.25) is 5.02 Å². The number of ether oxygens (including phenoxy) is 1. The lowest BCUT2D eigenvalue weighted by molar-refractivity contribution is -0.141. The highest BCUT2D eigenvalue weighted by atomic mass is 35.5. The van der Waals surface area contributed by atoms with Gasteiger partial charge in [-0.2, -0.15) is 0 Å². The van der Waals surface area contributed by atoms with Gasteiger partial charge in [-0.05, 0) is 25.1 Å². The van der Waals surface area contributed by atoms with Crippen LogP contribution in [-0.2, 0) is 16.1 Å². The fourth-order valence-electron chi connectivity index (χ4n) is 2.41. The number of para-hydroxylation sites is 1. The molecule has 144 valence electrons. The molecule has 0 saturated heterocycles. The molecule has 27 heavy (non-hydrogen) atoms. The summed E-state index contributed by atoms with van der Waals surface area (Å²) in [7, 11) is 0. The Balaban J connectivity index is 2.18. The minimum absolute atomic E-state index is 0.0568. The zero-order valence-corrected chi connectivity index (χ0v) is 15.2. The van der Waals surface area contributed by atoms with Crippen molar-refractivity contribution in [1.29, 1.82) is 0 Å².